The van der Waals surface area contributed by atoms with Crippen molar-refractivity contribution >= 4 is 11.7 Å². The molecule has 0 unspecified atom stereocenters. The van der Waals surface area contributed by atoms with Crippen LogP contribution in [-0.2, 0) is 0 Å². The number of amides is 1. The predicted molar refractivity (Wildman–Crippen MR) is 75.9 cm³/mol. The second kappa shape index (κ2) is 6.00. The molecule has 2 aromatic rings. The highest BCUT2D eigenvalue weighted by Crippen LogP contribution is 2.14. The predicted octanol–water partition coefficient (Wildman–Crippen LogP) is 2.96. The summed E-state index contributed by atoms with van der Waals surface area (Å²) >= 11 is 0. The first-order valence-corrected chi connectivity index (χ1v) is 6.24. The third-order valence-corrected chi connectivity index (χ3v) is 2.81. The second-order valence-electron chi connectivity index (χ2n) is 4.57. The number of hydrogen-bond donors (Lipinski definition) is 2. The smallest absolute Gasteiger partial charge is 0.269 e. The van der Waals surface area contributed by atoms with Crippen molar-refractivity contribution in [2.24, 2.45) is 0 Å². The van der Waals surface area contributed by atoms with Crippen LogP contribution in [0.25, 0.3) is 0 Å². The maximum atomic E-state index is 11.9. The van der Waals surface area contributed by atoms with Crippen LogP contribution in [0.15, 0.2) is 48.7 Å². The average molecular weight is 255 g/mol. The van der Waals surface area contributed by atoms with Crippen LogP contribution in [0.3, 0.4) is 0 Å². The lowest BCUT2D eigenvalue weighted by Crippen LogP contribution is -2.29. The van der Waals surface area contributed by atoms with Gasteiger partial charge >= 0.3 is 0 Å². The fourth-order valence-corrected chi connectivity index (χ4v) is 1.65. The minimum Gasteiger partial charge on any atom is -0.282 e. The highest BCUT2D eigenvalue weighted by atomic mass is 16.2. The summed E-state index contributed by atoms with van der Waals surface area (Å²) in [4.78, 5) is 16.0. The van der Waals surface area contributed by atoms with Crippen molar-refractivity contribution in [2.45, 2.75) is 19.8 Å². The number of hydrogen-bond acceptors (Lipinski definition) is 3. The molecule has 1 amide bonds. The van der Waals surface area contributed by atoms with Gasteiger partial charge in [-0.2, -0.15) is 0 Å². The zero-order valence-corrected chi connectivity index (χ0v) is 11.1. The second-order valence-corrected chi connectivity index (χ2v) is 4.57. The third kappa shape index (κ3) is 3.55. The Bertz CT molecular complexity index is 535. The number of anilines is 1. The van der Waals surface area contributed by atoms with E-state index in [4.69, 9.17) is 0 Å². The van der Waals surface area contributed by atoms with E-state index in [-0.39, 0.29) is 5.91 Å². The molecule has 98 valence electrons. The Morgan fingerprint density at radius 2 is 1.84 bits per heavy atom. The minimum absolute atomic E-state index is 0.180. The van der Waals surface area contributed by atoms with Gasteiger partial charge in [-0.05, 0) is 35.7 Å². The summed E-state index contributed by atoms with van der Waals surface area (Å²) in [5.41, 5.74) is 7.22. The Hall–Kier alpha value is -2.36. The maximum absolute atomic E-state index is 11.9. The van der Waals surface area contributed by atoms with Gasteiger partial charge in [0.25, 0.3) is 5.91 Å². The number of nitrogens with one attached hydrogen (secondary N) is 2. The number of hydrazine groups is 1. The van der Waals surface area contributed by atoms with E-state index in [2.05, 4.69) is 29.7 Å². The molecule has 0 aliphatic heterocycles. The number of carbonyl (C=O) groups is 1. The Kier molecular flexibility index (Phi) is 4.13. The van der Waals surface area contributed by atoms with E-state index in [0.29, 0.717) is 17.3 Å². The van der Waals surface area contributed by atoms with Crippen LogP contribution < -0.4 is 10.9 Å². The first-order chi connectivity index (χ1) is 9.16. The minimum atomic E-state index is -0.180. The molecule has 0 fully saturated rings. The monoisotopic (exact) mass is 255 g/mol. The Morgan fingerprint density at radius 1 is 1.11 bits per heavy atom. The van der Waals surface area contributed by atoms with Gasteiger partial charge in [0, 0.05) is 11.8 Å². The number of aromatic nitrogens is 1. The summed E-state index contributed by atoms with van der Waals surface area (Å²) in [5, 5.41) is 0. The summed E-state index contributed by atoms with van der Waals surface area (Å²) in [5.74, 6) is 0.888. The van der Waals surface area contributed by atoms with Crippen LogP contribution in [0.4, 0.5) is 5.82 Å². The fraction of sp³-hybridized carbons (Fsp3) is 0.200. The standard InChI is InChI=1S/C15H17N3O/c1-11(2)12-6-8-13(9-7-12)15(19)18-17-14-5-3-4-10-16-14/h3-11H,1-2H3,(H,16,17)(H,18,19). The van der Waals surface area contributed by atoms with Crippen LogP contribution in [0, 0.1) is 0 Å². The lowest BCUT2D eigenvalue weighted by molar-refractivity contribution is 0.0962. The van der Waals surface area contributed by atoms with E-state index in [0.717, 1.165) is 0 Å². The van der Waals surface area contributed by atoms with Crippen molar-refractivity contribution in [2.75, 3.05) is 5.43 Å². The Labute approximate surface area is 112 Å². The van der Waals surface area contributed by atoms with Gasteiger partial charge in [0.15, 0.2) is 0 Å². The van der Waals surface area contributed by atoms with Crippen LogP contribution in [0.1, 0.15) is 35.7 Å². The molecule has 1 aromatic carbocycles. The fourth-order valence-electron chi connectivity index (χ4n) is 1.65. The molecule has 4 nitrogen and oxygen atoms in total. The zero-order chi connectivity index (χ0) is 13.7. The number of carbonyl (C=O) groups excluding carboxylic acids is 1. The van der Waals surface area contributed by atoms with Crippen molar-refractivity contribution in [3.8, 4) is 0 Å². The Morgan fingerprint density at radius 3 is 2.42 bits per heavy atom. The van der Waals surface area contributed by atoms with Crippen molar-refractivity contribution in [1.29, 1.82) is 0 Å². The molecule has 0 bridgehead atoms. The van der Waals surface area contributed by atoms with Crippen LogP contribution in [-0.4, -0.2) is 10.9 Å². The summed E-state index contributed by atoms with van der Waals surface area (Å²) in [7, 11) is 0. The molecule has 1 aromatic heterocycles. The molecule has 0 aliphatic rings. The summed E-state index contributed by atoms with van der Waals surface area (Å²) in [6, 6.07) is 13.0. The molecule has 2 rings (SSSR count). The lowest BCUT2D eigenvalue weighted by atomic mass is 10.0. The molecule has 2 N–H and O–H groups in total. The summed E-state index contributed by atoms with van der Waals surface area (Å²) in [6.07, 6.45) is 1.66. The van der Waals surface area contributed by atoms with Gasteiger partial charge in [-0.15, -0.1) is 0 Å². The largest absolute Gasteiger partial charge is 0.282 e. The van der Waals surface area contributed by atoms with E-state index in [1.54, 1.807) is 12.3 Å². The molecule has 0 spiro atoms. The van der Waals surface area contributed by atoms with E-state index >= 15 is 0 Å². The van der Waals surface area contributed by atoms with Crippen LogP contribution >= 0.6 is 0 Å². The Balaban J connectivity index is 1.96. The number of nitrogens with zero attached hydrogens (tertiary/aromatic N) is 1. The van der Waals surface area contributed by atoms with Gasteiger partial charge in [-0.1, -0.05) is 32.0 Å². The van der Waals surface area contributed by atoms with E-state index in [9.17, 15) is 4.79 Å². The third-order valence-electron chi connectivity index (χ3n) is 2.81. The highest BCUT2D eigenvalue weighted by molar-refractivity contribution is 5.94. The first-order valence-electron chi connectivity index (χ1n) is 6.24. The van der Waals surface area contributed by atoms with Crippen molar-refractivity contribution in [1.82, 2.24) is 10.4 Å². The number of benzene rings is 1. The van der Waals surface area contributed by atoms with Crippen LogP contribution in [0.5, 0.6) is 0 Å². The average Bonchev–Trinajstić information content (AvgIpc) is 2.46. The molecular weight excluding hydrogens is 238 g/mol. The molecule has 19 heavy (non-hydrogen) atoms. The van der Waals surface area contributed by atoms with E-state index in [1.807, 2.05) is 36.4 Å². The maximum Gasteiger partial charge on any atom is 0.269 e. The molecular formula is C15H17N3O. The van der Waals surface area contributed by atoms with Gasteiger partial charge in [0.05, 0.1) is 0 Å². The van der Waals surface area contributed by atoms with Gasteiger partial charge < -0.3 is 0 Å². The molecule has 1 heterocycles. The number of rotatable bonds is 4. The topological polar surface area (TPSA) is 54.0 Å². The zero-order valence-electron chi connectivity index (χ0n) is 11.1. The lowest BCUT2D eigenvalue weighted by Gasteiger charge is -2.09. The molecule has 0 radical (unpaired) electrons. The molecule has 4 heteroatoms. The van der Waals surface area contributed by atoms with E-state index in [1.165, 1.54) is 5.56 Å². The number of pyridine rings is 1. The first kappa shape index (κ1) is 13.1. The quantitative estimate of drug-likeness (QED) is 0.826. The highest BCUT2D eigenvalue weighted by Gasteiger charge is 2.06. The molecule has 0 saturated heterocycles. The van der Waals surface area contributed by atoms with Gasteiger partial charge in [0.2, 0.25) is 0 Å². The van der Waals surface area contributed by atoms with Crippen molar-refractivity contribution < 1.29 is 4.79 Å². The van der Waals surface area contributed by atoms with Gasteiger partial charge in [-0.3, -0.25) is 15.6 Å². The van der Waals surface area contributed by atoms with E-state index < -0.39 is 0 Å². The van der Waals surface area contributed by atoms with Gasteiger partial charge in [-0.25, -0.2) is 4.98 Å². The molecule has 0 atom stereocenters. The molecule has 0 saturated carbocycles. The summed E-state index contributed by atoms with van der Waals surface area (Å²) < 4.78 is 0. The van der Waals surface area contributed by atoms with Crippen molar-refractivity contribution in [3.63, 3.8) is 0 Å². The SMILES string of the molecule is CC(C)c1ccc(C(=O)NNc2ccccn2)cc1. The van der Waals surface area contributed by atoms with Gasteiger partial charge in [0.1, 0.15) is 5.82 Å². The van der Waals surface area contributed by atoms with Crippen molar-refractivity contribution in [3.05, 3.63) is 59.8 Å². The molecule has 0 aliphatic carbocycles. The normalized spacial score (nSPS) is 10.3. The summed E-state index contributed by atoms with van der Waals surface area (Å²) in [6.45, 7) is 4.25. The van der Waals surface area contributed by atoms with Crippen LogP contribution in [0.2, 0.25) is 0 Å².